The van der Waals surface area contributed by atoms with Crippen molar-refractivity contribution in [3.8, 4) is 0 Å². The summed E-state index contributed by atoms with van der Waals surface area (Å²) in [5.74, 6) is -2.56. The summed E-state index contributed by atoms with van der Waals surface area (Å²) in [7, 11) is 0. The molecule has 1 aromatic heterocycles. The summed E-state index contributed by atoms with van der Waals surface area (Å²) in [4.78, 5) is 18.9. The van der Waals surface area contributed by atoms with Crippen LogP contribution in [0.2, 0.25) is 0 Å². The minimum absolute atomic E-state index is 0.0416. The van der Waals surface area contributed by atoms with E-state index in [-0.39, 0.29) is 5.92 Å². The Hall–Kier alpha value is -2.84. The minimum atomic E-state index is -0.879. The zero-order valence-corrected chi connectivity index (χ0v) is 17.3. The van der Waals surface area contributed by atoms with Crippen LogP contribution in [-0.4, -0.2) is 37.1 Å². The number of benzene rings is 2. The van der Waals surface area contributed by atoms with E-state index in [1.807, 2.05) is 47.5 Å². The van der Waals surface area contributed by atoms with Gasteiger partial charge < -0.3 is 10.2 Å². The fraction of sp³-hybridized carbons (Fsp3) is 0.273. The molecule has 156 valence electrons. The highest BCUT2D eigenvalue weighted by atomic mass is 32.1. The maximum Gasteiger partial charge on any atom is 0.263 e. The highest BCUT2D eigenvalue weighted by Gasteiger charge is 2.22. The van der Waals surface area contributed by atoms with E-state index < -0.39 is 23.1 Å². The number of nitrogens with one attached hydrogen (secondary N) is 2. The molecular weight excluding hydrogens is 406 g/mol. The lowest BCUT2D eigenvalue weighted by Crippen LogP contribution is -2.43. The number of piperazine rings is 1. The first-order chi connectivity index (χ1) is 14.5. The molecule has 1 fully saturated rings. The van der Waals surface area contributed by atoms with Crippen molar-refractivity contribution in [1.29, 1.82) is 0 Å². The second kappa shape index (κ2) is 8.89. The number of carbonyl (C=O) groups excluding carboxylic acids is 1. The fourth-order valence-corrected chi connectivity index (χ4v) is 4.30. The summed E-state index contributed by atoms with van der Waals surface area (Å²) in [5, 5.41) is 7.87. The van der Waals surface area contributed by atoms with Gasteiger partial charge in [-0.1, -0.05) is 37.3 Å². The Morgan fingerprint density at radius 1 is 1.17 bits per heavy atom. The number of carbonyl (C=O) groups is 1. The first-order valence-electron chi connectivity index (χ1n) is 9.79. The van der Waals surface area contributed by atoms with E-state index >= 15 is 0 Å². The van der Waals surface area contributed by atoms with Crippen LogP contribution in [0.5, 0.6) is 0 Å². The Balaban J connectivity index is 1.50. The normalized spacial score (nSPS) is 15.1. The van der Waals surface area contributed by atoms with Crippen molar-refractivity contribution in [1.82, 2.24) is 10.3 Å². The average Bonchev–Trinajstić information content (AvgIpc) is 3.22. The van der Waals surface area contributed by atoms with Gasteiger partial charge in [-0.15, -0.1) is 11.3 Å². The number of halogens is 2. The van der Waals surface area contributed by atoms with Gasteiger partial charge in [0.2, 0.25) is 0 Å². The molecule has 3 aromatic rings. The molecule has 1 aliphatic heterocycles. The molecule has 8 heteroatoms. The fourth-order valence-electron chi connectivity index (χ4n) is 3.50. The largest absolute Gasteiger partial charge is 0.369 e. The predicted molar refractivity (Wildman–Crippen MR) is 115 cm³/mol. The lowest BCUT2D eigenvalue weighted by molar-refractivity contribution is 0.101. The first-order valence-corrected chi connectivity index (χ1v) is 10.7. The topological polar surface area (TPSA) is 57.3 Å². The Kier molecular flexibility index (Phi) is 6.06. The molecule has 1 saturated heterocycles. The number of thiazole rings is 1. The van der Waals surface area contributed by atoms with Gasteiger partial charge in [-0.25, -0.2) is 13.8 Å². The highest BCUT2D eigenvalue weighted by molar-refractivity contribution is 7.14. The van der Waals surface area contributed by atoms with Crippen molar-refractivity contribution in [3.05, 3.63) is 76.3 Å². The molecular formula is C22H22F2N4OS. The van der Waals surface area contributed by atoms with Gasteiger partial charge in [-0.3, -0.25) is 10.1 Å². The highest BCUT2D eigenvalue weighted by Crippen LogP contribution is 2.28. The Morgan fingerprint density at radius 2 is 1.83 bits per heavy atom. The lowest BCUT2D eigenvalue weighted by atomic mass is 9.99. The van der Waals surface area contributed by atoms with Gasteiger partial charge in [-0.2, -0.15) is 0 Å². The van der Waals surface area contributed by atoms with Crippen molar-refractivity contribution in [2.24, 2.45) is 0 Å². The summed E-state index contributed by atoms with van der Waals surface area (Å²) in [6.07, 6.45) is 0. The monoisotopic (exact) mass is 428 g/mol. The number of hydrogen-bond acceptors (Lipinski definition) is 5. The van der Waals surface area contributed by atoms with E-state index in [0.29, 0.717) is 23.9 Å². The van der Waals surface area contributed by atoms with Crippen molar-refractivity contribution < 1.29 is 13.6 Å². The number of amides is 1. The second-order valence-electron chi connectivity index (χ2n) is 7.19. The smallest absolute Gasteiger partial charge is 0.263 e. The van der Waals surface area contributed by atoms with Gasteiger partial charge in [0.25, 0.3) is 5.91 Å². The van der Waals surface area contributed by atoms with Gasteiger partial charge in [-0.05, 0) is 17.7 Å². The average molecular weight is 429 g/mol. The maximum atomic E-state index is 14.6. The van der Waals surface area contributed by atoms with Crippen molar-refractivity contribution in [3.63, 3.8) is 0 Å². The summed E-state index contributed by atoms with van der Waals surface area (Å²) < 4.78 is 29.2. The second-order valence-corrected chi connectivity index (χ2v) is 8.04. The van der Waals surface area contributed by atoms with E-state index in [2.05, 4.69) is 15.6 Å². The molecule has 4 rings (SSSR count). The van der Waals surface area contributed by atoms with Crippen LogP contribution in [0.1, 0.15) is 34.5 Å². The van der Waals surface area contributed by atoms with Gasteiger partial charge in [0.15, 0.2) is 5.13 Å². The van der Waals surface area contributed by atoms with Crippen LogP contribution in [0.4, 0.5) is 19.6 Å². The molecule has 30 heavy (non-hydrogen) atoms. The van der Waals surface area contributed by atoms with Crippen molar-refractivity contribution in [2.75, 3.05) is 36.4 Å². The van der Waals surface area contributed by atoms with Crippen LogP contribution in [0.3, 0.4) is 0 Å². The molecule has 0 unspecified atom stereocenters. The van der Waals surface area contributed by atoms with E-state index in [9.17, 15) is 13.6 Å². The number of nitrogens with zero attached hydrogens (tertiary/aromatic N) is 2. The van der Waals surface area contributed by atoms with Crippen molar-refractivity contribution in [2.45, 2.75) is 12.8 Å². The van der Waals surface area contributed by atoms with Crippen LogP contribution < -0.4 is 15.5 Å². The molecule has 2 heterocycles. The molecule has 0 aliphatic carbocycles. The number of aromatic nitrogens is 1. The molecule has 2 N–H and O–H groups in total. The van der Waals surface area contributed by atoms with Crippen LogP contribution in [0.25, 0.3) is 0 Å². The third kappa shape index (κ3) is 4.34. The van der Waals surface area contributed by atoms with Crippen LogP contribution >= 0.6 is 11.3 Å². The first kappa shape index (κ1) is 20.4. The third-order valence-corrected chi connectivity index (χ3v) is 6.00. The van der Waals surface area contributed by atoms with Gasteiger partial charge in [0.05, 0.1) is 5.69 Å². The molecule has 0 spiro atoms. The molecule has 0 radical (unpaired) electrons. The van der Waals surface area contributed by atoms with E-state index in [4.69, 9.17) is 0 Å². The van der Waals surface area contributed by atoms with Gasteiger partial charge >= 0.3 is 0 Å². The zero-order chi connectivity index (χ0) is 21.1. The van der Waals surface area contributed by atoms with Gasteiger partial charge in [0.1, 0.15) is 17.2 Å². The summed E-state index contributed by atoms with van der Waals surface area (Å²) >= 11 is 1.23. The zero-order valence-electron chi connectivity index (χ0n) is 16.5. The molecule has 2 aromatic carbocycles. The quantitative estimate of drug-likeness (QED) is 0.639. The molecule has 1 aliphatic rings. The number of hydrogen-bond donors (Lipinski definition) is 2. The van der Waals surface area contributed by atoms with Crippen LogP contribution in [0.15, 0.2) is 47.8 Å². The van der Waals surface area contributed by atoms with Gasteiger partial charge in [0, 0.05) is 43.2 Å². The number of anilines is 2. The number of rotatable bonds is 5. The van der Waals surface area contributed by atoms with E-state index in [0.717, 1.165) is 24.3 Å². The third-order valence-electron chi connectivity index (χ3n) is 5.22. The summed E-state index contributed by atoms with van der Waals surface area (Å²) in [6.45, 7) is 4.83. The molecule has 0 saturated carbocycles. The van der Waals surface area contributed by atoms with E-state index in [1.165, 1.54) is 23.5 Å². The minimum Gasteiger partial charge on any atom is -0.369 e. The summed E-state index contributed by atoms with van der Waals surface area (Å²) in [5.41, 5.74) is 1.73. The lowest BCUT2D eigenvalue weighted by Gasteiger charge is -2.29. The standard InChI is InChI=1S/C22H22F2N4OS/c1-14(15-5-3-2-4-6-15)19-13-30-22(26-19)27-21(29)20-17(23)11-16(12-18(20)24)28-9-7-25-8-10-28/h2-6,11-14,25H,7-10H2,1H3,(H,26,27,29)/t14-/m1/s1. The van der Waals surface area contributed by atoms with Crippen LogP contribution in [-0.2, 0) is 0 Å². The van der Waals surface area contributed by atoms with Crippen LogP contribution in [0, 0.1) is 11.6 Å². The molecule has 0 bridgehead atoms. The summed E-state index contributed by atoms with van der Waals surface area (Å²) in [6, 6.07) is 12.3. The molecule has 1 amide bonds. The predicted octanol–water partition coefficient (Wildman–Crippen LogP) is 4.24. The Bertz CT molecular complexity index is 1010. The maximum absolute atomic E-state index is 14.6. The molecule has 1 atom stereocenters. The van der Waals surface area contributed by atoms with Crippen molar-refractivity contribution >= 4 is 28.1 Å². The van der Waals surface area contributed by atoms with E-state index in [1.54, 1.807) is 0 Å². The SMILES string of the molecule is C[C@H](c1ccccc1)c1csc(NC(=O)c2c(F)cc(N3CCNCC3)cc2F)n1. The Labute approximate surface area is 177 Å². The molecule has 5 nitrogen and oxygen atoms in total. The Morgan fingerprint density at radius 3 is 2.50 bits per heavy atom.